The van der Waals surface area contributed by atoms with E-state index in [9.17, 15) is 4.79 Å². The van der Waals surface area contributed by atoms with Crippen molar-refractivity contribution in [2.75, 3.05) is 13.1 Å². The summed E-state index contributed by atoms with van der Waals surface area (Å²) in [6.45, 7) is 9.72. The molecule has 1 aliphatic rings. The standard InChI is InChI=1S/C16H23N5O2/c1-10-5-11(2)21(19-10)9-14-6-15(18-17-14)16(22)20-7-12(3)23-13(4)8-20/h5-6,12-13H,7-9H2,1-4H3,(H,17,18)/t12-,13+. The molecule has 0 radical (unpaired) electrons. The fourth-order valence-corrected chi connectivity index (χ4v) is 3.05. The first-order chi connectivity index (χ1) is 10.9. The number of nitrogens with zero attached hydrogens (tertiary/aromatic N) is 4. The van der Waals surface area contributed by atoms with Crippen LogP contribution < -0.4 is 0 Å². The lowest BCUT2D eigenvalue weighted by atomic mass is 10.2. The van der Waals surface area contributed by atoms with Crippen molar-refractivity contribution in [3.63, 3.8) is 0 Å². The van der Waals surface area contributed by atoms with Gasteiger partial charge in [-0.3, -0.25) is 14.6 Å². The minimum Gasteiger partial charge on any atom is -0.372 e. The predicted molar refractivity (Wildman–Crippen MR) is 85.3 cm³/mol. The maximum absolute atomic E-state index is 12.6. The van der Waals surface area contributed by atoms with E-state index in [1.165, 1.54) is 0 Å². The monoisotopic (exact) mass is 317 g/mol. The van der Waals surface area contributed by atoms with Gasteiger partial charge in [-0.2, -0.15) is 10.2 Å². The first kappa shape index (κ1) is 15.7. The van der Waals surface area contributed by atoms with E-state index in [-0.39, 0.29) is 18.1 Å². The number of morpholine rings is 1. The van der Waals surface area contributed by atoms with Crippen molar-refractivity contribution in [3.8, 4) is 0 Å². The highest BCUT2D eigenvalue weighted by atomic mass is 16.5. The summed E-state index contributed by atoms with van der Waals surface area (Å²) in [7, 11) is 0. The van der Waals surface area contributed by atoms with E-state index in [0.717, 1.165) is 17.1 Å². The number of carbonyl (C=O) groups is 1. The molecule has 0 aliphatic carbocycles. The minimum absolute atomic E-state index is 0.0517. The smallest absolute Gasteiger partial charge is 0.274 e. The molecular weight excluding hydrogens is 294 g/mol. The quantitative estimate of drug-likeness (QED) is 0.931. The maximum atomic E-state index is 12.6. The summed E-state index contributed by atoms with van der Waals surface area (Å²) in [4.78, 5) is 14.4. The number of ether oxygens (including phenoxy) is 1. The molecule has 124 valence electrons. The van der Waals surface area contributed by atoms with Crippen LogP contribution in [0.3, 0.4) is 0 Å². The number of carbonyl (C=O) groups excluding carboxylic acids is 1. The lowest BCUT2D eigenvalue weighted by molar-refractivity contribution is -0.0587. The lowest BCUT2D eigenvalue weighted by Gasteiger charge is -2.34. The van der Waals surface area contributed by atoms with Gasteiger partial charge in [-0.25, -0.2) is 0 Å². The third kappa shape index (κ3) is 3.44. The molecule has 2 aromatic rings. The van der Waals surface area contributed by atoms with E-state index in [4.69, 9.17) is 4.74 Å². The van der Waals surface area contributed by atoms with Gasteiger partial charge in [-0.1, -0.05) is 0 Å². The van der Waals surface area contributed by atoms with Gasteiger partial charge in [-0.05, 0) is 39.8 Å². The normalized spacial score (nSPS) is 21.7. The number of nitrogens with one attached hydrogen (secondary N) is 1. The van der Waals surface area contributed by atoms with Crippen LogP contribution in [0.5, 0.6) is 0 Å². The molecule has 1 fully saturated rings. The third-order valence-corrected chi connectivity index (χ3v) is 3.98. The summed E-state index contributed by atoms with van der Waals surface area (Å²) in [5.74, 6) is -0.0529. The summed E-state index contributed by atoms with van der Waals surface area (Å²) in [6.07, 6.45) is 0.103. The second-order valence-corrected chi connectivity index (χ2v) is 6.33. The summed E-state index contributed by atoms with van der Waals surface area (Å²) >= 11 is 0. The summed E-state index contributed by atoms with van der Waals surface area (Å²) < 4.78 is 7.57. The number of rotatable bonds is 3. The minimum atomic E-state index is -0.0529. The van der Waals surface area contributed by atoms with Gasteiger partial charge in [0.15, 0.2) is 0 Å². The van der Waals surface area contributed by atoms with Gasteiger partial charge in [0.2, 0.25) is 0 Å². The highest BCUT2D eigenvalue weighted by Crippen LogP contribution is 2.14. The zero-order chi connectivity index (χ0) is 16.6. The molecular formula is C16H23N5O2. The molecule has 0 bridgehead atoms. The average molecular weight is 317 g/mol. The topological polar surface area (TPSA) is 76.0 Å². The van der Waals surface area contributed by atoms with Gasteiger partial charge in [0.05, 0.1) is 30.1 Å². The van der Waals surface area contributed by atoms with E-state index in [1.54, 1.807) is 0 Å². The van der Waals surface area contributed by atoms with Crippen molar-refractivity contribution >= 4 is 5.91 Å². The number of aromatic nitrogens is 4. The predicted octanol–water partition coefficient (Wildman–Crippen LogP) is 1.52. The van der Waals surface area contributed by atoms with Crippen LogP contribution in [0.4, 0.5) is 0 Å². The summed E-state index contributed by atoms with van der Waals surface area (Å²) in [5, 5.41) is 11.5. The Labute approximate surface area is 135 Å². The van der Waals surface area contributed by atoms with Crippen molar-refractivity contribution in [3.05, 3.63) is 34.9 Å². The molecule has 1 aliphatic heterocycles. The Kier molecular flexibility index (Phi) is 4.21. The molecule has 0 spiro atoms. The highest BCUT2D eigenvalue weighted by molar-refractivity contribution is 5.92. The van der Waals surface area contributed by atoms with Crippen LogP contribution in [0.15, 0.2) is 12.1 Å². The molecule has 7 heteroatoms. The Bertz CT molecular complexity index is 695. The molecule has 1 saturated heterocycles. The zero-order valence-corrected chi connectivity index (χ0v) is 14.0. The number of hydrogen-bond donors (Lipinski definition) is 1. The largest absolute Gasteiger partial charge is 0.372 e. The lowest BCUT2D eigenvalue weighted by Crippen LogP contribution is -2.48. The number of H-pyrrole nitrogens is 1. The van der Waals surface area contributed by atoms with Crippen LogP contribution in [-0.4, -0.2) is 56.1 Å². The van der Waals surface area contributed by atoms with Crippen LogP contribution in [0.2, 0.25) is 0 Å². The maximum Gasteiger partial charge on any atom is 0.274 e. The summed E-state index contributed by atoms with van der Waals surface area (Å²) in [5.41, 5.74) is 3.38. The Balaban J connectivity index is 1.71. The van der Waals surface area contributed by atoms with Crippen LogP contribution in [-0.2, 0) is 11.3 Å². The highest BCUT2D eigenvalue weighted by Gasteiger charge is 2.27. The summed E-state index contributed by atoms with van der Waals surface area (Å²) in [6, 6.07) is 3.84. The Morgan fingerprint density at radius 3 is 2.61 bits per heavy atom. The van der Waals surface area contributed by atoms with Gasteiger partial charge < -0.3 is 9.64 Å². The van der Waals surface area contributed by atoms with Crippen LogP contribution in [0.1, 0.15) is 41.4 Å². The first-order valence-electron chi connectivity index (χ1n) is 7.92. The molecule has 2 atom stereocenters. The van der Waals surface area contributed by atoms with Crippen LogP contribution in [0, 0.1) is 13.8 Å². The molecule has 3 rings (SSSR count). The van der Waals surface area contributed by atoms with Gasteiger partial charge in [-0.15, -0.1) is 0 Å². The fourth-order valence-electron chi connectivity index (χ4n) is 3.05. The van der Waals surface area contributed by atoms with Gasteiger partial charge in [0.25, 0.3) is 5.91 Å². The van der Waals surface area contributed by atoms with Crippen molar-refractivity contribution < 1.29 is 9.53 Å². The molecule has 0 aromatic carbocycles. The van der Waals surface area contributed by atoms with E-state index >= 15 is 0 Å². The first-order valence-corrected chi connectivity index (χ1v) is 7.92. The fraction of sp³-hybridized carbons (Fsp3) is 0.562. The van der Waals surface area contributed by atoms with Gasteiger partial charge in [0, 0.05) is 18.8 Å². The molecule has 0 saturated carbocycles. The number of aromatic amines is 1. The second kappa shape index (κ2) is 6.16. The SMILES string of the molecule is Cc1cc(C)n(Cc2cc(C(=O)N3C[C@@H](C)O[C@@H](C)C3)n[nH]2)n1. The number of amides is 1. The Morgan fingerprint density at radius 2 is 2.00 bits per heavy atom. The Morgan fingerprint density at radius 1 is 1.30 bits per heavy atom. The van der Waals surface area contributed by atoms with E-state index in [1.807, 2.05) is 49.4 Å². The molecule has 23 heavy (non-hydrogen) atoms. The Hall–Kier alpha value is -2.15. The zero-order valence-electron chi connectivity index (χ0n) is 14.0. The van der Waals surface area contributed by atoms with Crippen molar-refractivity contribution in [1.82, 2.24) is 24.9 Å². The van der Waals surface area contributed by atoms with Crippen LogP contribution in [0.25, 0.3) is 0 Å². The molecule has 2 aromatic heterocycles. The van der Waals surface area contributed by atoms with Crippen LogP contribution >= 0.6 is 0 Å². The van der Waals surface area contributed by atoms with Gasteiger partial charge >= 0.3 is 0 Å². The molecule has 1 N–H and O–H groups in total. The molecule has 0 unspecified atom stereocenters. The molecule has 1 amide bonds. The van der Waals surface area contributed by atoms with E-state index in [2.05, 4.69) is 15.3 Å². The van der Waals surface area contributed by atoms with Crippen molar-refractivity contribution in [1.29, 1.82) is 0 Å². The van der Waals surface area contributed by atoms with Gasteiger partial charge in [0.1, 0.15) is 5.69 Å². The van der Waals surface area contributed by atoms with E-state index in [0.29, 0.717) is 25.3 Å². The molecule has 3 heterocycles. The molecule has 7 nitrogen and oxygen atoms in total. The van der Waals surface area contributed by atoms with E-state index < -0.39 is 0 Å². The number of aryl methyl sites for hydroxylation is 2. The van der Waals surface area contributed by atoms with Crippen molar-refractivity contribution in [2.45, 2.75) is 46.4 Å². The van der Waals surface area contributed by atoms with Crippen molar-refractivity contribution in [2.24, 2.45) is 0 Å². The third-order valence-electron chi connectivity index (χ3n) is 3.98. The second-order valence-electron chi connectivity index (χ2n) is 6.33. The average Bonchev–Trinajstić information content (AvgIpc) is 3.04. The number of hydrogen-bond acceptors (Lipinski definition) is 4.